The highest BCUT2D eigenvalue weighted by Gasteiger charge is 2.34. The first-order chi connectivity index (χ1) is 16.2. The largest absolute Gasteiger partial charge is 0.463 e. The number of carbonyl (C=O) groups is 1. The van der Waals surface area contributed by atoms with Gasteiger partial charge in [-0.05, 0) is 50.1 Å². The Morgan fingerprint density at radius 1 is 1.26 bits per heavy atom. The number of ether oxygens (including phenoxy) is 1. The van der Waals surface area contributed by atoms with Gasteiger partial charge >= 0.3 is 5.97 Å². The summed E-state index contributed by atoms with van der Waals surface area (Å²) in [5, 5.41) is 11.6. The number of aromatic nitrogens is 1. The number of hydrogen-bond donors (Lipinski definition) is 0. The topological polar surface area (TPSA) is 104 Å². The molecule has 0 unspecified atom stereocenters. The number of nitro groups is 1. The first-order valence-electron chi connectivity index (χ1n) is 10.4. The maximum absolute atomic E-state index is 13.6. The fraction of sp³-hybridized carbons (Fsp3) is 0.208. The van der Waals surface area contributed by atoms with Crippen LogP contribution in [-0.4, -0.2) is 22.1 Å². The Morgan fingerprint density at radius 2 is 1.97 bits per heavy atom. The van der Waals surface area contributed by atoms with Crippen LogP contribution >= 0.6 is 27.3 Å². The molecular weight excluding hydrogens is 522 g/mol. The normalized spacial score (nSPS) is 15.6. The Hall–Kier alpha value is -3.37. The number of nitro benzene ring substituents is 1. The average molecular weight is 542 g/mol. The zero-order valence-electron chi connectivity index (χ0n) is 18.6. The van der Waals surface area contributed by atoms with Gasteiger partial charge in [0.25, 0.3) is 11.2 Å². The number of benzene rings is 2. The van der Waals surface area contributed by atoms with E-state index in [1.165, 1.54) is 22.0 Å². The van der Waals surface area contributed by atoms with Crippen molar-refractivity contribution >= 4 is 45.0 Å². The Kier molecular flexibility index (Phi) is 6.63. The molecule has 0 fully saturated rings. The third kappa shape index (κ3) is 4.38. The molecule has 0 aliphatic carbocycles. The van der Waals surface area contributed by atoms with Gasteiger partial charge in [-0.25, -0.2) is 9.79 Å². The van der Waals surface area contributed by atoms with E-state index in [0.717, 1.165) is 10.0 Å². The third-order valence-corrected chi connectivity index (χ3v) is 6.94. The van der Waals surface area contributed by atoms with Crippen molar-refractivity contribution in [3.05, 3.63) is 105 Å². The second kappa shape index (κ2) is 9.47. The summed E-state index contributed by atoms with van der Waals surface area (Å²) in [7, 11) is 0. The van der Waals surface area contributed by atoms with E-state index in [0.29, 0.717) is 26.2 Å². The van der Waals surface area contributed by atoms with Crippen LogP contribution in [0.25, 0.3) is 6.08 Å². The van der Waals surface area contributed by atoms with E-state index in [1.54, 1.807) is 39.0 Å². The number of fused-ring (bicyclic) bond motifs is 1. The van der Waals surface area contributed by atoms with E-state index in [1.807, 2.05) is 24.3 Å². The molecule has 0 spiro atoms. The molecule has 0 saturated carbocycles. The van der Waals surface area contributed by atoms with Crippen LogP contribution in [0.1, 0.15) is 36.6 Å². The predicted octanol–water partition coefficient (Wildman–Crippen LogP) is 3.78. The number of allylic oxidation sites excluding steroid dienone is 1. The Morgan fingerprint density at radius 3 is 2.62 bits per heavy atom. The van der Waals surface area contributed by atoms with Gasteiger partial charge in [0, 0.05) is 16.1 Å². The Labute approximate surface area is 206 Å². The van der Waals surface area contributed by atoms with Crippen molar-refractivity contribution in [3.8, 4) is 0 Å². The van der Waals surface area contributed by atoms with Crippen molar-refractivity contribution in [2.75, 3.05) is 6.61 Å². The molecule has 10 heteroatoms. The number of thiazole rings is 1. The number of hydrogen-bond acceptors (Lipinski definition) is 7. The minimum Gasteiger partial charge on any atom is -0.463 e. The lowest BCUT2D eigenvalue weighted by atomic mass is 9.94. The fourth-order valence-electron chi connectivity index (χ4n) is 3.81. The molecular formula is C24H20BrN3O5S. The molecule has 1 aliphatic rings. The fourth-order valence-corrected chi connectivity index (χ4v) is 5.12. The summed E-state index contributed by atoms with van der Waals surface area (Å²) in [4.78, 5) is 42.5. The molecule has 2 aromatic carbocycles. The van der Waals surface area contributed by atoms with Crippen LogP contribution in [0.4, 0.5) is 5.69 Å². The molecule has 1 aliphatic heterocycles. The lowest BCUT2D eigenvalue weighted by Gasteiger charge is -2.24. The minimum absolute atomic E-state index is 0.0904. The number of rotatable bonds is 5. The summed E-state index contributed by atoms with van der Waals surface area (Å²) in [5.74, 6) is -0.612. The molecule has 0 bridgehead atoms. The molecule has 1 aromatic heterocycles. The molecule has 0 radical (unpaired) electrons. The smallest absolute Gasteiger partial charge is 0.338 e. The number of nitrogens with zero attached hydrogens (tertiary/aromatic N) is 3. The highest BCUT2D eigenvalue weighted by Crippen LogP contribution is 2.33. The molecule has 0 amide bonds. The van der Waals surface area contributed by atoms with Gasteiger partial charge in [-0.15, -0.1) is 0 Å². The number of esters is 1. The molecule has 3 aromatic rings. The van der Waals surface area contributed by atoms with Crippen LogP contribution in [0.2, 0.25) is 0 Å². The van der Waals surface area contributed by atoms with E-state index >= 15 is 0 Å². The summed E-state index contributed by atoms with van der Waals surface area (Å²) in [6.07, 6.45) is 1.76. The summed E-state index contributed by atoms with van der Waals surface area (Å²) >= 11 is 4.60. The van der Waals surface area contributed by atoms with Crippen molar-refractivity contribution < 1.29 is 14.5 Å². The van der Waals surface area contributed by atoms with E-state index in [2.05, 4.69) is 20.9 Å². The first-order valence-corrected chi connectivity index (χ1v) is 12.0. The van der Waals surface area contributed by atoms with E-state index < -0.39 is 16.9 Å². The number of halogens is 1. The van der Waals surface area contributed by atoms with Gasteiger partial charge in [0.05, 0.1) is 33.4 Å². The number of carbonyl (C=O) groups excluding carboxylic acids is 1. The van der Waals surface area contributed by atoms with Crippen molar-refractivity contribution in [2.45, 2.75) is 26.8 Å². The monoisotopic (exact) mass is 541 g/mol. The SMILES string of the molecule is CCOC(=O)C1=C(C)N=c2s/c(=C/c3ccc(Br)cc3)c(=O)n2[C@@H]1c1ccc(C)c([N+](=O)[O-])c1. The van der Waals surface area contributed by atoms with Crippen molar-refractivity contribution in [3.63, 3.8) is 0 Å². The molecule has 0 N–H and O–H groups in total. The van der Waals surface area contributed by atoms with Crippen LogP contribution in [0.5, 0.6) is 0 Å². The summed E-state index contributed by atoms with van der Waals surface area (Å²) in [6, 6.07) is 11.3. The lowest BCUT2D eigenvalue weighted by Crippen LogP contribution is -2.40. The van der Waals surface area contributed by atoms with Crippen molar-refractivity contribution in [1.82, 2.24) is 4.57 Å². The first kappa shape index (κ1) is 23.8. The summed E-state index contributed by atoms with van der Waals surface area (Å²) in [5.41, 5.74) is 1.91. The quantitative estimate of drug-likeness (QED) is 0.277. The van der Waals surface area contributed by atoms with Crippen LogP contribution in [0, 0.1) is 17.0 Å². The minimum atomic E-state index is -0.901. The number of aryl methyl sites for hydroxylation is 1. The van der Waals surface area contributed by atoms with Crippen LogP contribution in [-0.2, 0) is 9.53 Å². The predicted molar refractivity (Wildman–Crippen MR) is 132 cm³/mol. The molecule has 8 nitrogen and oxygen atoms in total. The Balaban J connectivity index is 1.98. The zero-order chi connectivity index (χ0) is 24.6. The molecule has 1 atom stereocenters. The van der Waals surface area contributed by atoms with Gasteiger partial charge in [-0.1, -0.05) is 51.5 Å². The Bertz CT molecular complexity index is 1520. The van der Waals surface area contributed by atoms with E-state index in [-0.39, 0.29) is 23.4 Å². The zero-order valence-corrected chi connectivity index (χ0v) is 21.0. The van der Waals surface area contributed by atoms with Crippen LogP contribution in [0.3, 0.4) is 0 Å². The third-order valence-electron chi connectivity index (χ3n) is 5.43. The highest BCUT2D eigenvalue weighted by atomic mass is 79.9. The van der Waals surface area contributed by atoms with Crippen molar-refractivity contribution in [2.24, 2.45) is 4.99 Å². The molecule has 4 rings (SSSR count). The standard InChI is InChI=1S/C24H20BrN3O5S/c1-4-33-23(30)20-14(3)26-24-27(21(20)16-8-5-13(2)18(12-16)28(31)32)22(29)19(34-24)11-15-6-9-17(25)10-7-15/h5-12,21H,4H2,1-3H3/b19-11+/t21-/m1/s1. The molecule has 174 valence electrons. The molecule has 0 saturated heterocycles. The van der Waals surface area contributed by atoms with Crippen LogP contribution < -0.4 is 14.9 Å². The second-order valence-electron chi connectivity index (χ2n) is 7.66. The van der Waals surface area contributed by atoms with Gasteiger partial charge in [-0.2, -0.15) is 0 Å². The van der Waals surface area contributed by atoms with Gasteiger partial charge < -0.3 is 4.74 Å². The van der Waals surface area contributed by atoms with Gasteiger partial charge in [0.2, 0.25) is 0 Å². The second-order valence-corrected chi connectivity index (χ2v) is 9.58. The van der Waals surface area contributed by atoms with Gasteiger partial charge in [0.1, 0.15) is 0 Å². The molecule has 34 heavy (non-hydrogen) atoms. The van der Waals surface area contributed by atoms with Crippen molar-refractivity contribution in [1.29, 1.82) is 0 Å². The summed E-state index contributed by atoms with van der Waals surface area (Å²) < 4.78 is 8.03. The van der Waals surface area contributed by atoms with Gasteiger partial charge in [-0.3, -0.25) is 19.5 Å². The molecule has 2 heterocycles. The van der Waals surface area contributed by atoms with Crippen LogP contribution in [0.15, 0.2) is 68.0 Å². The van der Waals surface area contributed by atoms with E-state index in [4.69, 9.17) is 4.74 Å². The lowest BCUT2D eigenvalue weighted by molar-refractivity contribution is -0.385. The maximum Gasteiger partial charge on any atom is 0.338 e. The maximum atomic E-state index is 13.6. The highest BCUT2D eigenvalue weighted by molar-refractivity contribution is 9.10. The van der Waals surface area contributed by atoms with E-state index in [9.17, 15) is 19.7 Å². The van der Waals surface area contributed by atoms with Gasteiger partial charge in [0.15, 0.2) is 4.80 Å². The summed E-state index contributed by atoms with van der Waals surface area (Å²) in [6.45, 7) is 5.14. The average Bonchev–Trinajstić information content (AvgIpc) is 3.09.